The van der Waals surface area contributed by atoms with Crippen LogP contribution in [0.15, 0.2) is 18.2 Å². The summed E-state index contributed by atoms with van der Waals surface area (Å²) in [5, 5.41) is 9.69. The number of benzene rings is 1. The summed E-state index contributed by atoms with van der Waals surface area (Å²) in [5.41, 5.74) is 4.60. The summed E-state index contributed by atoms with van der Waals surface area (Å²) in [6.07, 6.45) is 8.47. The van der Waals surface area contributed by atoms with Gasteiger partial charge in [0.05, 0.1) is 6.10 Å². The molecule has 2 nitrogen and oxygen atoms in total. The minimum atomic E-state index is -0.180. The highest BCUT2D eigenvalue weighted by atomic mass is 16.3. The maximum atomic E-state index is 9.69. The lowest BCUT2D eigenvalue weighted by Gasteiger charge is -2.36. The standard InChI is InChI=1S/C18H27NO/c1-14(20)11-18-7-2-3-10-19(18)13-15-8-9-16-5-4-6-17(16)12-15/h8-9,12,14,18,20H,2-7,10-11,13H2,1H3. The average molecular weight is 273 g/mol. The first-order valence-electron chi connectivity index (χ1n) is 8.25. The number of hydrogen-bond donors (Lipinski definition) is 1. The highest BCUT2D eigenvalue weighted by molar-refractivity contribution is 5.35. The van der Waals surface area contributed by atoms with Crippen LogP contribution in [0.4, 0.5) is 0 Å². The Bertz CT molecular complexity index is 455. The Morgan fingerprint density at radius 1 is 1.20 bits per heavy atom. The Kier molecular flexibility index (Phi) is 4.42. The Balaban J connectivity index is 1.68. The first-order valence-corrected chi connectivity index (χ1v) is 8.25. The van der Waals surface area contributed by atoms with E-state index in [1.807, 2.05) is 6.92 Å². The molecule has 1 saturated heterocycles. The summed E-state index contributed by atoms with van der Waals surface area (Å²) in [6.45, 7) is 4.17. The molecule has 2 heteroatoms. The lowest BCUT2D eigenvalue weighted by Crippen LogP contribution is -2.40. The van der Waals surface area contributed by atoms with Crippen LogP contribution in [0.2, 0.25) is 0 Å². The Hall–Kier alpha value is -0.860. The van der Waals surface area contributed by atoms with Gasteiger partial charge in [-0.15, -0.1) is 0 Å². The van der Waals surface area contributed by atoms with Crippen molar-refractivity contribution < 1.29 is 5.11 Å². The van der Waals surface area contributed by atoms with Gasteiger partial charge in [-0.2, -0.15) is 0 Å². The van der Waals surface area contributed by atoms with Gasteiger partial charge < -0.3 is 5.11 Å². The van der Waals surface area contributed by atoms with Crippen molar-refractivity contribution in [3.63, 3.8) is 0 Å². The molecule has 1 heterocycles. The van der Waals surface area contributed by atoms with E-state index in [1.54, 1.807) is 11.1 Å². The second-order valence-corrected chi connectivity index (χ2v) is 6.66. The Labute approximate surface area is 122 Å². The van der Waals surface area contributed by atoms with Crippen LogP contribution in [0.1, 0.15) is 55.7 Å². The lowest BCUT2D eigenvalue weighted by atomic mass is 9.96. The zero-order valence-electron chi connectivity index (χ0n) is 12.6. The second kappa shape index (κ2) is 6.28. The average Bonchev–Trinajstić information content (AvgIpc) is 2.88. The normalized spacial score (nSPS) is 24.6. The fourth-order valence-electron chi connectivity index (χ4n) is 3.89. The van der Waals surface area contributed by atoms with Crippen LogP contribution in [0.5, 0.6) is 0 Å². The van der Waals surface area contributed by atoms with Crippen molar-refractivity contribution in [1.82, 2.24) is 4.90 Å². The van der Waals surface area contributed by atoms with E-state index < -0.39 is 0 Å². The highest BCUT2D eigenvalue weighted by Gasteiger charge is 2.24. The summed E-state index contributed by atoms with van der Waals surface area (Å²) in [4.78, 5) is 2.59. The monoisotopic (exact) mass is 273 g/mol. The van der Waals surface area contributed by atoms with E-state index in [2.05, 4.69) is 23.1 Å². The van der Waals surface area contributed by atoms with Gasteiger partial charge in [0.2, 0.25) is 0 Å². The van der Waals surface area contributed by atoms with E-state index in [9.17, 15) is 5.11 Å². The molecule has 2 aliphatic rings. The Morgan fingerprint density at radius 3 is 2.90 bits per heavy atom. The topological polar surface area (TPSA) is 23.5 Å². The van der Waals surface area contributed by atoms with Gasteiger partial charge in [-0.25, -0.2) is 0 Å². The van der Waals surface area contributed by atoms with Crippen LogP contribution in [0.25, 0.3) is 0 Å². The van der Waals surface area contributed by atoms with Crippen LogP contribution < -0.4 is 0 Å². The van der Waals surface area contributed by atoms with E-state index in [4.69, 9.17) is 0 Å². The molecular weight excluding hydrogens is 246 g/mol. The van der Waals surface area contributed by atoms with Gasteiger partial charge in [-0.05, 0) is 68.7 Å². The molecule has 0 radical (unpaired) electrons. The molecule has 20 heavy (non-hydrogen) atoms. The number of aliphatic hydroxyl groups is 1. The lowest BCUT2D eigenvalue weighted by molar-refractivity contribution is 0.0818. The van der Waals surface area contributed by atoms with Crippen molar-refractivity contribution in [2.24, 2.45) is 0 Å². The number of likely N-dealkylation sites (tertiary alicyclic amines) is 1. The molecule has 110 valence electrons. The van der Waals surface area contributed by atoms with Crippen LogP contribution in [-0.4, -0.2) is 28.7 Å². The van der Waals surface area contributed by atoms with Gasteiger partial charge in [0, 0.05) is 12.6 Å². The maximum absolute atomic E-state index is 9.69. The third kappa shape index (κ3) is 3.24. The number of nitrogens with zero attached hydrogens (tertiary/aromatic N) is 1. The van der Waals surface area contributed by atoms with E-state index >= 15 is 0 Å². The smallest absolute Gasteiger partial charge is 0.0527 e. The van der Waals surface area contributed by atoms with Gasteiger partial charge >= 0.3 is 0 Å². The van der Waals surface area contributed by atoms with Gasteiger partial charge in [0.1, 0.15) is 0 Å². The predicted molar refractivity (Wildman–Crippen MR) is 82.8 cm³/mol. The number of aliphatic hydroxyl groups excluding tert-OH is 1. The molecule has 1 N–H and O–H groups in total. The van der Waals surface area contributed by atoms with Crippen molar-refractivity contribution >= 4 is 0 Å². The summed E-state index contributed by atoms with van der Waals surface area (Å²) in [5.74, 6) is 0. The molecule has 0 spiro atoms. The van der Waals surface area contributed by atoms with E-state index in [0.29, 0.717) is 6.04 Å². The fraction of sp³-hybridized carbons (Fsp3) is 0.667. The molecule has 1 aliphatic carbocycles. The molecule has 0 amide bonds. The van der Waals surface area contributed by atoms with E-state index in [1.165, 1.54) is 50.6 Å². The number of hydrogen-bond acceptors (Lipinski definition) is 2. The third-order valence-electron chi connectivity index (χ3n) is 4.91. The molecule has 1 fully saturated rings. The largest absolute Gasteiger partial charge is 0.393 e. The molecule has 2 atom stereocenters. The van der Waals surface area contributed by atoms with Crippen molar-refractivity contribution in [2.45, 2.75) is 70.6 Å². The maximum Gasteiger partial charge on any atom is 0.0527 e. The summed E-state index contributed by atoms with van der Waals surface area (Å²) >= 11 is 0. The molecule has 1 aromatic rings. The molecule has 0 saturated carbocycles. The van der Waals surface area contributed by atoms with E-state index in [0.717, 1.165) is 13.0 Å². The zero-order chi connectivity index (χ0) is 13.9. The van der Waals surface area contributed by atoms with Gasteiger partial charge in [-0.1, -0.05) is 24.6 Å². The number of rotatable bonds is 4. The number of piperidine rings is 1. The quantitative estimate of drug-likeness (QED) is 0.910. The van der Waals surface area contributed by atoms with E-state index in [-0.39, 0.29) is 6.10 Å². The molecule has 0 aromatic heterocycles. The van der Waals surface area contributed by atoms with Gasteiger partial charge in [0.15, 0.2) is 0 Å². The van der Waals surface area contributed by atoms with Crippen molar-refractivity contribution in [2.75, 3.05) is 6.54 Å². The van der Waals surface area contributed by atoms with Crippen LogP contribution >= 0.6 is 0 Å². The minimum Gasteiger partial charge on any atom is -0.393 e. The third-order valence-corrected chi connectivity index (χ3v) is 4.91. The fourth-order valence-corrected chi connectivity index (χ4v) is 3.89. The van der Waals surface area contributed by atoms with Crippen LogP contribution in [-0.2, 0) is 19.4 Å². The summed E-state index contributed by atoms with van der Waals surface area (Å²) in [7, 11) is 0. The second-order valence-electron chi connectivity index (χ2n) is 6.66. The summed E-state index contributed by atoms with van der Waals surface area (Å²) in [6, 6.07) is 7.65. The molecule has 2 unspecified atom stereocenters. The molecule has 3 rings (SSSR count). The zero-order valence-corrected chi connectivity index (χ0v) is 12.6. The SMILES string of the molecule is CC(O)CC1CCCCN1Cc1ccc2c(c1)CCC2. The number of aryl methyl sites for hydroxylation is 2. The summed E-state index contributed by atoms with van der Waals surface area (Å²) < 4.78 is 0. The molecule has 1 aromatic carbocycles. The van der Waals surface area contributed by atoms with Gasteiger partial charge in [0.25, 0.3) is 0 Å². The highest BCUT2D eigenvalue weighted by Crippen LogP contribution is 2.26. The Morgan fingerprint density at radius 2 is 2.05 bits per heavy atom. The molecule has 1 aliphatic heterocycles. The van der Waals surface area contributed by atoms with Crippen molar-refractivity contribution in [1.29, 1.82) is 0 Å². The van der Waals surface area contributed by atoms with Crippen LogP contribution in [0.3, 0.4) is 0 Å². The van der Waals surface area contributed by atoms with Crippen molar-refractivity contribution in [3.05, 3.63) is 34.9 Å². The first kappa shape index (κ1) is 14.1. The predicted octanol–water partition coefficient (Wildman–Crippen LogP) is 3.30. The first-order chi connectivity index (χ1) is 9.72. The number of fused-ring (bicyclic) bond motifs is 1. The van der Waals surface area contributed by atoms with Gasteiger partial charge in [-0.3, -0.25) is 4.90 Å². The molecule has 0 bridgehead atoms. The molecular formula is C18H27NO. The minimum absolute atomic E-state index is 0.180. The van der Waals surface area contributed by atoms with Crippen molar-refractivity contribution in [3.8, 4) is 0 Å². The van der Waals surface area contributed by atoms with Crippen LogP contribution in [0, 0.1) is 0 Å².